The van der Waals surface area contributed by atoms with Gasteiger partial charge in [-0.15, -0.1) is 11.6 Å². The minimum absolute atomic E-state index is 0.158. The summed E-state index contributed by atoms with van der Waals surface area (Å²) in [5.74, 6) is 0.500. The Morgan fingerprint density at radius 2 is 2.24 bits per heavy atom. The predicted octanol–water partition coefficient (Wildman–Crippen LogP) is 2.36. The number of oxazole rings is 1. The van der Waals surface area contributed by atoms with Gasteiger partial charge in [0.2, 0.25) is 5.89 Å². The first-order valence-electron chi connectivity index (χ1n) is 4.81. The summed E-state index contributed by atoms with van der Waals surface area (Å²) in [6.07, 6.45) is 0. The fourth-order valence-corrected chi connectivity index (χ4v) is 1.61. The number of methoxy groups -OCH3 is 2. The minimum Gasteiger partial charge on any atom is -0.493 e. The van der Waals surface area contributed by atoms with E-state index < -0.39 is 5.97 Å². The summed E-state index contributed by atoms with van der Waals surface area (Å²) < 4.78 is 15.2. The summed E-state index contributed by atoms with van der Waals surface area (Å²) in [7, 11) is 2.80. The van der Waals surface area contributed by atoms with Crippen LogP contribution in [-0.2, 0) is 10.6 Å². The second-order valence-electron chi connectivity index (χ2n) is 3.26. The van der Waals surface area contributed by atoms with E-state index in [1.807, 2.05) is 0 Å². The number of hydrogen-bond acceptors (Lipinski definition) is 5. The van der Waals surface area contributed by atoms with Crippen LogP contribution in [0, 0.1) is 0 Å². The van der Waals surface area contributed by atoms with E-state index in [1.54, 1.807) is 6.07 Å². The molecule has 0 bridgehead atoms. The van der Waals surface area contributed by atoms with Crippen molar-refractivity contribution in [3.8, 4) is 5.75 Å². The monoisotopic (exact) mass is 255 g/mol. The zero-order valence-electron chi connectivity index (χ0n) is 9.32. The van der Waals surface area contributed by atoms with Crippen LogP contribution >= 0.6 is 11.6 Å². The lowest BCUT2D eigenvalue weighted by Crippen LogP contribution is -2.01. The van der Waals surface area contributed by atoms with Gasteiger partial charge in [-0.05, 0) is 12.1 Å². The lowest BCUT2D eigenvalue weighted by atomic mass is 10.2. The Hall–Kier alpha value is -1.75. The number of fused-ring (bicyclic) bond motifs is 1. The van der Waals surface area contributed by atoms with Gasteiger partial charge in [0.05, 0.1) is 25.7 Å². The second-order valence-corrected chi connectivity index (χ2v) is 3.53. The van der Waals surface area contributed by atoms with Gasteiger partial charge in [0, 0.05) is 0 Å². The standard InChI is InChI=1S/C11H10ClNO4/c1-15-8-4-6(11(14)16-2)3-7-10(8)17-9(5-12)13-7/h3-4H,5H2,1-2H3. The van der Waals surface area contributed by atoms with E-state index in [-0.39, 0.29) is 5.88 Å². The molecule has 0 aliphatic rings. The molecular weight excluding hydrogens is 246 g/mol. The molecule has 90 valence electrons. The van der Waals surface area contributed by atoms with Gasteiger partial charge >= 0.3 is 5.97 Å². The van der Waals surface area contributed by atoms with Crippen molar-refractivity contribution in [3.63, 3.8) is 0 Å². The van der Waals surface area contributed by atoms with E-state index in [0.717, 1.165) is 0 Å². The third-order valence-electron chi connectivity index (χ3n) is 2.26. The first-order chi connectivity index (χ1) is 8.19. The predicted molar refractivity (Wildman–Crippen MR) is 61.5 cm³/mol. The number of alkyl halides is 1. The maximum Gasteiger partial charge on any atom is 0.338 e. The van der Waals surface area contributed by atoms with Crippen molar-refractivity contribution >= 4 is 28.7 Å². The van der Waals surface area contributed by atoms with Crippen LogP contribution in [-0.4, -0.2) is 25.2 Å². The number of hydrogen-bond donors (Lipinski definition) is 0. The number of nitrogens with zero attached hydrogens (tertiary/aromatic N) is 1. The number of ether oxygens (including phenoxy) is 2. The highest BCUT2D eigenvalue weighted by Crippen LogP contribution is 2.29. The summed E-state index contributed by atoms with van der Waals surface area (Å²) in [5, 5.41) is 0. The van der Waals surface area contributed by atoms with Crippen LogP contribution in [0.4, 0.5) is 0 Å². The third-order valence-corrected chi connectivity index (χ3v) is 2.48. The average molecular weight is 256 g/mol. The Morgan fingerprint density at radius 3 is 2.82 bits per heavy atom. The molecule has 0 N–H and O–H groups in total. The molecule has 5 nitrogen and oxygen atoms in total. The van der Waals surface area contributed by atoms with E-state index in [1.165, 1.54) is 20.3 Å². The van der Waals surface area contributed by atoms with Crippen LogP contribution in [0.25, 0.3) is 11.1 Å². The van der Waals surface area contributed by atoms with Crippen molar-refractivity contribution in [2.75, 3.05) is 14.2 Å². The van der Waals surface area contributed by atoms with Crippen LogP contribution in [0.1, 0.15) is 16.2 Å². The molecule has 0 radical (unpaired) electrons. The van der Waals surface area contributed by atoms with Gasteiger partial charge < -0.3 is 13.9 Å². The highest BCUT2D eigenvalue weighted by atomic mass is 35.5. The largest absolute Gasteiger partial charge is 0.493 e. The summed E-state index contributed by atoms with van der Waals surface area (Å²) in [5.41, 5.74) is 1.34. The van der Waals surface area contributed by atoms with Crippen molar-refractivity contribution in [1.29, 1.82) is 0 Å². The highest BCUT2D eigenvalue weighted by Gasteiger charge is 2.15. The van der Waals surface area contributed by atoms with Crippen LogP contribution in [0.3, 0.4) is 0 Å². The Labute approximate surface area is 102 Å². The molecule has 1 aromatic carbocycles. The summed E-state index contributed by atoms with van der Waals surface area (Å²) >= 11 is 5.63. The summed E-state index contributed by atoms with van der Waals surface area (Å²) in [4.78, 5) is 15.6. The Kier molecular flexibility index (Phi) is 3.19. The number of rotatable bonds is 3. The minimum atomic E-state index is -0.458. The molecule has 1 aromatic heterocycles. The lowest BCUT2D eigenvalue weighted by molar-refractivity contribution is 0.0600. The van der Waals surface area contributed by atoms with Crippen LogP contribution in [0.5, 0.6) is 5.75 Å². The molecule has 0 fully saturated rings. The number of carbonyl (C=O) groups excluding carboxylic acids is 1. The zero-order chi connectivity index (χ0) is 12.4. The van der Waals surface area contributed by atoms with Gasteiger partial charge in [0.1, 0.15) is 5.52 Å². The molecule has 0 saturated carbocycles. The summed E-state index contributed by atoms with van der Waals surface area (Å²) in [6.45, 7) is 0. The summed E-state index contributed by atoms with van der Waals surface area (Å²) in [6, 6.07) is 3.11. The van der Waals surface area contributed by atoms with E-state index in [4.69, 9.17) is 20.8 Å². The SMILES string of the molecule is COC(=O)c1cc(OC)c2oc(CCl)nc2c1. The van der Waals surface area contributed by atoms with E-state index in [9.17, 15) is 4.79 Å². The molecule has 0 saturated heterocycles. The zero-order valence-corrected chi connectivity index (χ0v) is 10.1. The quantitative estimate of drug-likeness (QED) is 0.622. The first kappa shape index (κ1) is 11.7. The first-order valence-corrected chi connectivity index (χ1v) is 5.34. The van der Waals surface area contributed by atoms with Gasteiger partial charge in [0.15, 0.2) is 11.3 Å². The molecule has 6 heteroatoms. The van der Waals surface area contributed by atoms with Crippen molar-refractivity contribution in [1.82, 2.24) is 4.98 Å². The normalized spacial score (nSPS) is 10.5. The lowest BCUT2D eigenvalue weighted by Gasteiger charge is -2.03. The molecule has 17 heavy (non-hydrogen) atoms. The second kappa shape index (κ2) is 4.63. The Morgan fingerprint density at radius 1 is 1.47 bits per heavy atom. The Balaban J connectivity index is 2.64. The van der Waals surface area contributed by atoms with Gasteiger partial charge in [0.25, 0.3) is 0 Å². The van der Waals surface area contributed by atoms with Gasteiger partial charge in [-0.1, -0.05) is 0 Å². The molecule has 2 rings (SSSR count). The maximum atomic E-state index is 11.4. The van der Waals surface area contributed by atoms with E-state index >= 15 is 0 Å². The van der Waals surface area contributed by atoms with Crippen molar-refractivity contribution in [2.45, 2.75) is 5.88 Å². The number of halogens is 1. The molecule has 0 amide bonds. The molecule has 0 aliphatic carbocycles. The maximum absolute atomic E-state index is 11.4. The molecular formula is C11H10ClNO4. The molecule has 1 heterocycles. The Bertz CT molecular complexity index is 564. The highest BCUT2D eigenvalue weighted by molar-refractivity contribution is 6.16. The molecule has 0 unspecified atom stereocenters. The van der Waals surface area contributed by atoms with Crippen LogP contribution in [0.2, 0.25) is 0 Å². The topological polar surface area (TPSA) is 61.6 Å². The molecule has 0 aliphatic heterocycles. The van der Waals surface area contributed by atoms with Gasteiger partial charge in [-0.3, -0.25) is 0 Å². The van der Waals surface area contributed by atoms with Gasteiger partial charge in [-0.2, -0.15) is 0 Å². The van der Waals surface area contributed by atoms with Crippen LogP contribution < -0.4 is 4.74 Å². The van der Waals surface area contributed by atoms with E-state index in [0.29, 0.717) is 28.3 Å². The fraction of sp³-hybridized carbons (Fsp3) is 0.273. The molecule has 2 aromatic rings. The number of esters is 1. The molecule has 0 spiro atoms. The van der Waals surface area contributed by atoms with Gasteiger partial charge in [-0.25, -0.2) is 9.78 Å². The third kappa shape index (κ3) is 2.06. The average Bonchev–Trinajstić information content (AvgIpc) is 2.79. The van der Waals surface area contributed by atoms with E-state index in [2.05, 4.69) is 9.72 Å². The number of carbonyl (C=O) groups is 1. The fourth-order valence-electron chi connectivity index (χ4n) is 1.49. The number of aromatic nitrogens is 1. The van der Waals surface area contributed by atoms with Crippen molar-refractivity contribution < 1.29 is 18.7 Å². The van der Waals surface area contributed by atoms with Crippen molar-refractivity contribution in [3.05, 3.63) is 23.6 Å². The molecule has 0 atom stereocenters. The van der Waals surface area contributed by atoms with Crippen molar-refractivity contribution in [2.24, 2.45) is 0 Å². The smallest absolute Gasteiger partial charge is 0.338 e. The number of benzene rings is 1. The van der Waals surface area contributed by atoms with Crippen LogP contribution in [0.15, 0.2) is 16.5 Å².